The number of fused-ring (bicyclic) bond motifs is 2. The van der Waals surface area contributed by atoms with Gasteiger partial charge in [-0.3, -0.25) is 0 Å². The number of hydrogen-bond acceptors (Lipinski definition) is 0. The van der Waals surface area contributed by atoms with E-state index < -0.39 is 0 Å². The van der Waals surface area contributed by atoms with Gasteiger partial charge in [-0.2, -0.15) is 0 Å². The second-order valence-electron chi connectivity index (χ2n) is 9.97. The molecule has 2 saturated carbocycles. The molecular formula is C27H40. The summed E-state index contributed by atoms with van der Waals surface area (Å²) in [7, 11) is 0. The van der Waals surface area contributed by atoms with Gasteiger partial charge in [0.15, 0.2) is 0 Å². The summed E-state index contributed by atoms with van der Waals surface area (Å²) in [6, 6.07) is 7.47. The van der Waals surface area contributed by atoms with Crippen LogP contribution in [0.1, 0.15) is 87.8 Å². The van der Waals surface area contributed by atoms with Gasteiger partial charge in [0.05, 0.1) is 0 Å². The maximum Gasteiger partial charge on any atom is -0.0233 e. The molecule has 5 atom stereocenters. The van der Waals surface area contributed by atoms with E-state index in [1.54, 1.807) is 16.7 Å². The highest BCUT2D eigenvalue weighted by Gasteiger charge is 2.38. The normalized spacial score (nSPS) is 33.1. The van der Waals surface area contributed by atoms with Crippen LogP contribution in [0.15, 0.2) is 30.9 Å². The maximum absolute atomic E-state index is 4.06. The van der Waals surface area contributed by atoms with Crippen LogP contribution in [0.3, 0.4) is 0 Å². The SMILES string of the molecule is C=CC1CCC2CC(C3CCc4cc(CCCCC)ccc4C3)CCC2C1. The molecule has 0 heteroatoms. The summed E-state index contributed by atoms with van der Waals surface area (Å²) in [5.74, 6) is 4.82. The van der Waals surface area contributed by atoms with Gasteiger partial charge in [-0.25, -0.2) is 0 Å². The molecule has 0 N–H and O–H groups in total. The first-order valence-electron chi connectivity index (χ1n) is 12.0. The van der Waals surface area contributed by atoms with E-state index in [1.807, 2.05) is 0 Å². The third kappa shape index (κ3) is 4.52. The predicted molar refractivity (Wildman–Crippen MR) is 117 cm³/mol. The Morgan fingerprint density at radius 1 is 0.889 bits per heavy atom. The highest BCUT2D eigenvalue weighted by molar-refractivity contribution is 5.34. The number of benzene rings is 1. The zero-order valence-electron chi connectivity index (χ0n) is 17.6. The molecule has 5 unspecified atom stereocenters. The van der Waals surface area contributed by atoms with Crippen LogP contribution in [0.4, 0.5) is 0 Å². The van der Waals surface area contributed by atoms with E-state index in [-0.39, 0.29) is 0 Å². The molecule has 3 aliphatic carbocycles. The summed E-state index contributed by atoms with van der Waals surface area (Å²) in [5, 5.41) is 0. The standard InChI is InChI=1S/C27H40/c1-3-5-6-7-21-9-11-25-19-27(15-13-23(25)17-21)26-14-12-22-16-20(4-2)8-10-24(22)18-26/h4,9,11,17,20,22,24,26-27H,2-3,5-8,10,12-16,18-19H2,1H3. The Labute approximate surface area is 167 Å². The number of allylic oxidation sites excluding steroid dienone is 1. The van der Waals surface area contributed by atoms with E-state index >= 15 is 0 Å². The summed E-state index contributed by atoms with van der Waals surface area (Å²) >= 11 is 0. The van der Waals surface area contributed by atoms with Crippen LogP contribution in [-0.4, -0.2) is 0 Å². The number of rotatable bonds is 6. The number of unbranched alkanes of at least 4 members (excludes halogenated alkanes) is 2. The van der Waals surface area contributed by atoms with E-state index in [1.165, 1.54) is 83.5 Å². The van der Waals surface area contributed by atoms with E-state index in [0.29, 0.717) is 0 Å². The van der Waals surface area contributed by atoms with Crippen LogP contribution in [0, 0.1) is 29.6 Å². The summed E-state index contributed by atoms with van der Waals surface area (Å²) < 4.78 is 0. The molecule has 3 aliphatic rings. The van der Waals surface area contributed by atoms with Gasteiger partial charge >= 0.3 is 0 Å². The van der Waals surface area contributed by atoms with Gasteiger partial charge in [0.25, 0.3) is 0 Å². The fourth-order valence-electron chi connectivity index (χ4n) is 6.58. The summed E-state index contributed by atoms with van der Waals surface area (Å²) in [4.78, 5) is 0. The fraction of sp³-hybridized carbons (Fsp3) is 0.704. The lowest BCUT2D eigenvalue weighted by molar-refractivity contribution is 0.0811. The first-order valence-corrected chi connectivity index (χ1v) is 12.0. The topological polar surface area (TPSA) is 0 Å². The maximum atomic E-state index is 4.06. The molecule has 0 saturated heterocycles. The molecule has 1 aromatic carbocycles. The van der Waals surface area contributed by atoms with Crippen molar-refractivity contribution < 1.29 is 0 Å². The van der Waals surface area contributed by atoms with E-state index in [2.05, 4.69) is 37.8 Å². The van der Waals surface area contributed by atoms with Gasteiger partial charge in [0.1, 0.15) is 0 Å². The number of aryl methyl sites for hydroxylation is 2. The fourth-order valence-corrected chi connectivity index (χ4v) is 6.58. The minimum absolute atomic E-state index is 0.816. The van der Waals surface area contributed by atoms with Crippen LogP contribution < -0.4 is 0 Å². The lowest BCUT2D eigenvalue weighted by atomic mass is 9.61. The van der Waals surface area contributed by atoms with Crippen molar-refractivity contribution in [1.29, 1.82) is 0 Å². The van der Waals surface area contributed by atoms with Crippen LogP contribution in [0.2, 0.25) is 0 Å². The van der Waals surface area contributed by atoms with E-state index in [4.69, 9.17) is 0 Å². The summed E-state index contributed by atoms with van der Waals surface area (Å²) in [5.41, 5.74) is 4.95. The smallest absolute Gasteiger partial charge is 0.0233 e. The minimum Gasteiger partial charge on any atom is -0.103 e. The van der Waals surface area contributed by atoms with Gasteiger partial charge in [-0.15, -0.1) is 6.58 Å². The van der Waals surface area contributed by atoms with Gasteiger partial charge in [0.2, 0.25) is 0 Å². The molecule has 0 aliphatic heterocycles. The van der Waals surface area contributed by atoms with Crippen LogP contribution >= 0.6 is 0 Å². The predicted octanol–water partition coefficient (Wildman–Crippen LogP) is 7.54. The molecule has 0 radical (unpaired) electrons. The molecule has 2 fully saturated rings. The van der Waals surface area contributed by atoms with Crippen molar-refractivity contribution in [2.45, 2.75) is 90.4 Å². The lowest BCUT2D eigenvalue weighted by Crippen LogP contribution is -2.34. The molecule has 0 aromatic heterocycles. The molecule has 27 heavy (non-hydrogen) atoms. The largest absolute Gasteiger partial charge is 0.103 e. The Hall–Kier alpha value is -1.04. The second-order valence-corrected chi connectivity index (χ2v) is 9.97. The van der Waals surface area contributed by atoms with E-state index in [0.717, 1.165) is 29.6 Å². The average Bonchev–Trinajstić information content (AvgIpc) is 2.72. The highest BCUT2D eigenvalue weighted by atomic mass is 14.4. The van der Waals surface area contributed by atoms with Crippen LogP contribution in [0.5, 0.6) is 0 Å². The van der Waals surface area contributed by atoms with Gasteiger partial charge in [-0.1, -0.05) is 44.0 Å². The Balaban J connectivity index is 1.34. The third-order valence-corrected chi connectivity index (χ3v) is 8.30. The molecule has 0 bridgehead atoms. The van der Waals surface area contributed by atoms with Gasteiger partial charge in [-0.05, 0) is 117 Å². The Morgan fingerprint density at radius 2 is 1.67 bits per heavy atom. The van der Waals surface area contributed by atoms with Crippen molar-refractivity contribution in [3.8, 4) is 0 Å². The molecule has 0 heterocycles. The Bertz CT molecular complexity index is 627. The Morgan fingerprint density at radius 3 is 2.48 bits per heavy atom. The van der Waals surface area contributed by atoms with Crippen LogP contribution in [0.25, 0.3) is 0 Å². The first-order chi connectivity index (χ1) is 13.3. The molecule has 0 amide bonds. The minimum atomic E-state index is 0.816. The lowest BCUT2D eigenvalue weighted by Gasteiger charge is -2.44. The third-order valence-electron chi connectivity index (χ3n) is 8.30. The van der Waals surface area contributed by atoms with Crippen LogP contribution in [-0.2, 0) is 19.3 Å². The van der Waals surface area contributed by atoms with Crippen molar-refractivity contribution in [2.75, 3.05) is 0 Å². The van der Waals surface area contributed by atoms with Crippen molar-refractivity contribution in [3.63, 3.8) is 0 Å². The quantitative estimate of drug-likeness (QED) is 0.361. The summed E-state index contributed by atoms with van der Waals surface area (Å²) in [6.07, 6.45) is 20.6. The molecule has 148 valence electrons. The molecule has 4 rings (SSSR count). The zero-order chi connectivity index (χ0) is 18.6. The monoisotopic (exact) mass is 364 g/mol. The zero-order valence-corrected chi connectivity index (χ0v) is 17.6. The molecular weight excluding hydrogens is 324 g/mol. The van der Waals surface area contributed by atoms with Crippen molar-refractivity contribution >= 4 is 0 Å². The molecule has 0 spiro atoms. The van der Waals surface area contributed by atoms with Gasteiger partial charge < -0.3 is 0 Å². The number of hydrogen-bond donors (Lipinski definition) is 0. The summed E-state index contributed by atoms with van der Waals surface area (Å²) in [6.45, 7) is 6.36. The van der Waals surface area contributed by atoms with E-state index in [9.17, 15) is 0 Å². The molecule has 1 aromatic rings. The van der Waals surface area contributed by atoms with Crippen molar-refractivity contribution in [2.24, 2.45) is 29.6 Å². The second kappa shape index (κ2) is 8.97. The van der Waals surface area contributed by atoms with Gasteiger partial charge in [0, 0.05) is 0 Å². The van der Waals surface area contributed by atoms with Crippen molar-refractivity contribution in [3.05, 3.63) is 47.5 Å². The molecule has 0 nitrogen and oxygen atoms in total. The first kappa shape index (κ1) is 19.3. The highest BCUT2D eigenvalue weighted by Crippen LogP contribution is 2.48. The van der Waals surface area contributed by atoms with Crippen molar-refractivity contribution in [1.82, 2.24) is 0 Å². The Kier molecular flexibility index (Phi) is 6.41. The average molecular weight is 365 g/mol.